The Hall–Kier alpha value is -3.40. The second-order valence-electron chi connectivity index (χ2n) is 8.59. The molecule has 198 valence electrons. The zero-order valence-electron chi connectivity index (χ0n) is 21.5. The molecule has 1 aliphatic heterocycles. The van der Waals surface area contributed by atoms with Gasteiger partial charge in [0.15, 0.2) is 4.80 Å². The van der Waals surface area contributed by atoms with Gasteiger partial charge in [-0.2, -0.15) is 0 Å². The van der Waals surface area contributed by atoms with Crippen molar-refractivity contribution in [2.24, 2.45) is 4.99 Å². The number of hydrogen-bond donors (Lipinski definition) is 0. The maximum Gasteiger partial charge on any atom is 0.338 e. The smallest absolute Gasteiger partial charge is 0.338 e. The summed E-state index contributed by atoms with van der Waals surface area (Å²) in [7, 11) is 1.60. The van der Waals surface area contributed by atoms with Gasteiger partial charge in [-0.15, -0.1) is 11.8 Å². The van der Waals surface area contributed by atoms with Gasteiger partial charge >= 0.3 is 5.97 Å². The first-order valence-corrected chi connectivity index (χ1v) is 15.0. The van der Waals surface area contributed by atoms with E-state index < -0.39 is 12.0 Å². The van der Waals surface area contributed by atoms with E-state index in [0.29, 0.717) is 26.4 Å². The average Bonchev–Trinajstić information content (AvgIpc) is 3.28. The monoisotopic (exact) mass is 620 g/mol. The zero-order chi connectivity index (χ0) is 27.5. The van der Waals surface area contributed by atoms with Gasteiger partial charge in [0.2, 0.25) is 0 Å². The summed E-state index contributed by atoms with van der Waals surface area (Å²) in [6, 6.07) is 22.3. The molecule has 0 aliphatic carbocycles. The lowest BCUT2D eigenvalue weighted by Crippen LogP contribution is -2.40. The topological polar surface area (TPSA) is 69.9 Å². The zero-order valence-corrected chi connectivity index (χ0v) is 24.7. The Morgan fingerprint density at radius 2 is 1.87 bits per heavy atom. The van der Waals surface area contributed by atoms with Crippen LogP contribution in [0, 0.1) is 0 Å². The van der Waals surface area contributed by atoms with Crippen LogP contribution in [0.15, 0.2) is 97.5 Å². The number of hydrogen-bond acceptors (Lipinski definition) is 7. The van der Waals surface area contributed by atoms with Crippen molar-refractivity contribution in [2.75, 3.05) is 20.0 Å². The van der Waals surface area contributed by atoms with Crippen molar-refractivity contribution in [3.8, 4) is 5.75 Å². The van der Waals surface area contributed by atoms with Crippen LogP contribution in [-0.4, -0.2) is 30.5 Å². The first-order chi connectivity index (χ1) is 18.9. The molecule has 5 rings (SSSR count). The maximum atomic E-state index is 14.0. The predicted octanol–water partition coefficient (Wildman–Crippen LogP) is 5.43. The molecule has 0 saturated heterocycles. The van der Waals surface area contributed by atoms with Crippen molar-refractivity contribution in [1.82, 2.24) is 4.57 Å². The summed E-state index contributed by atoms with van der Waals surface area (Å²) in [4.78, 5) is 34.0. The van der Waals surface area contributed by atoms with Crippen molar-refractivity contribution in [3.63, 3.8) is 0 Å². The summed E-state index contributed by atoms with van der Waals surface area (Å²) in [6.45, 7) is 1.97. The van der Waals surface area contributed by atoms with Crippen LogP contribution in [0.5, 0.6) is 5.75 Å². The van der Waals surface area contributed by atoms with Gasteiger partial charge in [-0.1, -0.05) is 69.7 Å². The van der Waals surface area contributed by atoms with Crippen LogP contribution < -0.4 is 19.6 Å². The van der Waals surface area contributed by atoms with Crippen molar-refractivity contribution >= 4 is 56.8 Å². The van der Waals surface area contributed by atoms with Gasteiger partial charge in [-0.25, -0.2) is 9.79 Å². The number of benzene rings is 3. The number of halogens is 1. The quantitative estimate of drug-likeness (QED) is 0.204. The SMILES string of the molecule is CCOC(=O)C1=C(c2ccccc2)N=c2s/c(=C\c3cc(OC)ccc3Br)c(=O)n2[C@@H]1c1ccc(SC)cc1. The standard InChI is InChI=1S/C30H25BrN2O4S2/c1-4-37-29(35)25-26(18-8-6-5-7-9-18)32-30-33(27(25)19-10-13-22(38-3)14-11-19)28(34)24(39-30)17-20-16-21(36-2)12-15-23(20)31/h5-17,27H,4H2,1-3H3/b24-17-/t27-/m1/s1. The van der Waals surface area contributed by atoms with E-state index in [1.165, 1.54) is 11.3 Å². The Kier molecular flexibility index (Phi) is 8.20. The molecule has 1 atom stereocenters. The highest BCUT2D eigenvalue weighted by Crippen LogP contribution is 2.35. The molecule has 0 fully saturated rings. The largest absolute Gasteiger partial charge is 0.497 e. The third kappa shape index (κ3) is 5.39. The Morgan fingerprint density at radius 3 is 2.54 bits per heavy atom. The van der Waals surface area contributed by atoms with Gasteiger partial charge < -0.3 is 9.47 Å². The van der Waals surface area contributed by atoms with E-state index in [0.717, 1.165) is 26.1 Å². The minimum atomic E-state index is -0.706. The molecule has 1 aromatic heterocycles. The lowest BCUT2D eigenvalue weighted by Gasteiger charge is -2.26. The summed E-state index contributed by atoms with van der Waals surface area (Å²) in [5.74, 6) is 0.184. The summed E-state index contributed by atoms with van der Waals surface area (Å²) in [6.07, 6.45) is 3.83. The van der Waals surface area contributed by atoms with E-state index in [1.807, 2.05) is 85.1 Å². The fourth-order valence-corrected chi connectivity index (χ4v) is 6.20. The predicted molar refractivity (Wildman–Crippen MR) is 160 cm³/mol. The molecule has 0 unspecified atom stereocenters. The minimum Gasteiger partial charge on any atom is -0.497 e. The van der Waals surface area contributed by atoms with E-state index >= 15 is 0 Å². The molecule has 2 heterocycles. The van der Waals surface area contributed by atoms with E-state index in [-0.39, 0.29) is 12.2 Å². The van der Waals surface area contributed by atoms with Gasteiger partial charge in [0.1, 0.15) is 5.75 Å². The minimum absolute atomic E-state index is 0.205. The van der Waals surface area contributed by atoms with Crippen LogP contribution in [0.4, 0.5) is 0 Å². The molecule has 0 spiro atoms. The maximum absolute atomic E-state index is 14.0. The molecule has 0 N–H and O–H groups in total. The molecule has 3 aromatic carbocycles. The number of ether oxygens (including phenoxy) is 2. The van der Waals surface area contributed by atoms with Gasteiger partial charge in [0, 0.05) is 14.9 Å². The Bertz CT molecular complexity index is 1740. The Morgan fingerprint density at radius 1 is 1.13 bits per heavy atom. The summed E-state index contributed by atoms with van der Waals surface area (Å²) >= 11 is 6.49. The van der Waals surface area contributed by atoms with Crippen LogP contribution in [-0.2, 0) is 9.53 Å². The lowest BCUT2D eigenvalue weighted by molar-refractivity contribution is -0.138. The third-order valence-electron chi connectivity index (χ3n) is 6.29. The third-order valence-corrected chi connectivity index (χ3v) is 8.74. The van der Waals surface area contributed by atoms with Gasteiger partial charge in [-0.3, -0.25) is 9.36 Å². The molecule has 9 heteroatoms. The second-order valence-corrected chi connectivity index (χ2v) is 11.3. The number of thioether (sulfide) groups is 1. The number of aromatic nitrogens is 1. The van der Waals surface area contributed by atoms with Crippen molar-refractivity contribution in [1.29, 1.82) is 0 Å². The molecular weight excluding hydrogens is 596 g/mol. The fourth-order valence-electron chi connectivity index (χ4n) is 4.44. The van der Waals surface area contributed by atoms with Crippen LogP contribution in [0.3, 0.4) is 0 Å². The Balaban J connectivity index is 1.82. The molecule has 39 heavy (non-hydrogen) atoms. The van der Waals surface area contributed by atoms with E-state index in [4.69, 9.17) is 14.5 Å². The highest BCUT2D eigenvalue weighted by atomic mass is 79.9. The van der Waals surface area contributed by atoms with Crippen LogP contribution in [0.2, 0.25) is 0 Å². The number of rotatable bonds is 7. The molecule has 0 saturated carbocycles. The second kappa shape index (κ2) is 11.8. The first-order valence-electron chi connectivity index (χ1n) is 12.2. The molecular formula is C30H25BrN2O4S2. The van der Waals surface area contributed by atoms with Gasteiger partial charge in [0.05, 0.1) is 35.6 Å². The molecule has 0 radical (unpaired) electrons. The number of nitrogens with zero attached hydrogens (tertiary/aromatic N) is 2. The van der Waals surface area contributed by atoms with Crippen molar-refractivity contribution < 1.29 is 14.3 Å². The molecule has 6 nitrogen and oxygen atoms in total. The van der Waals surface area contributed by atoms with E-state index in [9.17, 15) is 9.59 Å². The number of carbonyl (C=O) groups excluding carboxylic acids is 1. The lowest BCUT2D eigenvalue weighted by atomic mass is 9.93. The first kappa shape index (κ1) is 27.2. The van der Waals surface area contributed by atoms with E-state index in [2.05, 4.69) is 15.9 Å². The fraction of sp³-hybridized carbons (Fsp3) is 0.167. The highest BCUT2D eigenvalue weighted by molar-refractivity contribution is 9.10. The number of fused-ring (bicyclic) bond motifs is 1. The molecule has 0 amide bonds. The summed E-state index contributed by atoms with van der Waals surface area (Å²) in [5, 5.41) is 0. The molecule has 1 aliphatic rings. The van der Waals surface area contributed by atoms with Gasteiger partial charge in [0.25, 0.3) is 5.56 Å². The Labute approximate surface area is 242 Å². The van der Waals surface area contributed by atoms with E-state index in [1.54, 1.807) is 30.4 Å². The molecule has 4 aromatic rings. The number of thiazole rings is 1. The number of carbonyl (C=O) groups is 1. The van der Waals surface area contributed by atoms with Crippen molar-refractivity contribution in [3.05, 3.63) is 119 Å². The van der Waals surface area contributed by atoms with Crippen molar-refractivity contribution in [2.45, 2.75) is 17.9 Å². The number of methoxy groups -OCH3 is 1. The highest BCUT2D eigenvalue weighted by Gasteiger charge is 2.35. The normalized spacial score (nSPS) is 15.1. The summed E-state index contributed by atoms with van der Waals surface area (Å²) in [5.41, 5.74) is 2.98. The summed E-state index contributed by atoms with van der Waals surface area (Å²) < 4.78 is 13.8. The number of esters is 1. The average molecular weight is 622 g/mol. The van der Waals surface area contributed by atoms with Gasteiger partial charge in [-0.05, 0) is 60.7 Å². The van der Waals surface area contributed by atoms with Crippen LogP contribution in [0.1, 0.15) is 29.7 Å². The van der Waals surface area contributed by atoms with Crippen LogP contribution >= 0.6 is 39.0 Å². The van der Waals surface area contributed by atoms with Crippen LogP contribution in [0.25, 0.3) is 11.8 Å². The molecule has 0 bridgehead atoms.